The first kappa shape index (κ1) is 10.4. The lowest BCUT2D eigenvalue weighted by atomic mass is 9.91. The highest BCUT2D eigenvalue weighted by Crippen LogP contribution is 2.27. The average molecular weight is 203 g/mol. The van der Waals surface area contributed by atoms with Gasteiger partial charge in [0.05, 0.1) is 6.04 Å². The Morgan fingerprint density at radius 2 is 2.00 bits per heavy atom. The second-order valence-corrected chi connectivity index (χ2v) is 4.34. The topological polar surface area (TPSA) is 20.3 Å². The van der Waals surface area contributed by atoms with Crippen LogP contribution in [-0.4, -0.2) is 30.3 Å². The van der Waals surface area contributed by atoms with Crippen molar-refractivity contribution in [3.8, 4) is 0 Å². The number of hydrogen-bond acceptors (Lipinski definition) is 2. The highest BCUT2D eigenvalue weighted by atomic mass is 16.1. The van der Waals surface area contributed by atoms with Crippen molar-refractivity contribution < 1.29 is 4.79 Å². The summed E-state index contributed by atoms with van der Waals surface area (Å²) in [7, 11) is 2.04. The van der Waals surface area contributed by atoms with Gasteiger partial charge in [0.1, 0.15) is 0 Å². The van der Waals surface area contributed by atoms with Gasteiger partial charge in [-0.25, -0.2) is 0 Å². The van der Waals surface area contributed by atoms with E-state index in [0.717, 1.165) is 6.54 Å². The fourth-order valence-corrected chi connectivity index (χ4v) is 2.42. The molecule has 2 atom stereocenters. The van der Waals surface area contributed by atoms with E-state index in [9.17, 15) is 4.79 Å². The highest BCUT2D eigenvalue weighted by molar-refractivity contribution is 5.87. The first-order valence-electron chi connectivity index (χ1n) is 5.48. The molecule has 1 aliphatic rings. The predicted octanol–water partition coefficient (Wildman–Crippen LogP) is 2.06. The molecule has 1 aromatic carbocycles. The van der Waals surface area contributed by atoms with E-state index in [1.165, 1.54) is 5.56 Å². The molecule has 0 N–H and O–H groups in total. The van der Waals surface area contributed by atoms with Gasteiger partial charge in [-0.2, -0.15) is 0 Å². The molecule has 80 valence electrons. The molecule has 2 nitrogen and oxygen atoms in total. The van der Waals surface area contributed by atoms with E-state index in [0.29, 0.717) is 18.1 Å². The number of rotatable bonds is 2. The standard InChI is InChI=1S/C13H17NO/c1-10(11-6-4-3-5-7-11)13-12(15)8-9-14(13)2/h3-7,10,13H,8-9H2,1-2H3/t10-,13?/m1/s1. The van der Waals surface area contributed by atoms with Crippen molar-refractivity contribution in [2.45, 2.75) is 25.3 Å². The number of benzene rings is 1. The molecule has 1 heterocycles. The Morgan fingerprint density at radius 1 is 1.33 bits per heavy atom. The number of likely N-dealkylation sites (tertiary alicyclic amines) is 1. The SMILES string of the molecule is C[C@H](c1ccccc1)C1C(=O)CCN1C. The molecule has 2 heteroatoms. The first-order valence-corrected chi connectivity index (χ1v) is 5.48. The summed E-state index contributed by atoms with van der Waals surface area (Å²) >= 11 is 0. The number of carbonyl (C=O) groups excluding carboxylic acids is 1. The average Bonchev–Trinajstić information content (AvgIpc) is 2.59. The molecule has 1 saturated heterocycles. The molecule has 1 fully saturated rings. The van der Waals surface area contributed by atoms with Crippen LogP contribution < -0.4 is 0 Å². The van der Waals surface area contributed by atoms with Gasteiger partial charge >= 0.3 is 0 Å². The van der Waals surface area contributed by atoms with E-state index in [4.69, 9.17) is 0 Å². The lowest BCUT2D eigenvalue weighted by Crippen LogP contribution is -2.34. The Labute approximate surface area is 90.9 Å². The van der Waals surface area contributed by atoms with Gasteiger partial charge in [-0.05, 0) is 12.6 Å². The van der Waals surface area contributed by atoms with Gasteiger partial charge in [-0.1, -0.05) is 37.3 Å². The van der Waals surface area contributed by atoms with Crippen molar-refractivity contribution in [1.29, 1.82) is 0 Å². The Balaban J connectivity index is 2.21. The van der Waals surface area contributed by atoms with Gasteiger partial charge in [0.25, 0.3) is 0 Å². The maximum absolute atomic E-state index is 11.8. The van der Waals surface area contributed by atoms with E-state index in [-0.39, 0.29) is 6.04 Å². The van der Waals surface area contributed by atoms with Crippen molar-refractivity contribution in [2.75, 3.05) is 13.6 Å². The van der Waals surface area contributed by atoms with Crippen LogP contribution in [0, 0.1) is 0 Å². The Kier molecular flexibility index (Phi) is 2.87. The van der Waals surface area contributed by atoms with Gasteiger partial charge in [-0.15, -0.1) is 0 Å². The van der Waals surface area contributed by atoms with Crippen LogP contribution in [0.4, 0.5) is 0 Å². The lowest BCUT2D eigenvalue weighted by molar-refractivity contribution is -0.120. The minimum Gasteiger partial charge on any atom is -0.298 e. The van der Waals surface area contributed by atoms with E-state index in [2.05, 4.69) is 24.0 Å². The van der Waals surface area contributed by atoms with Crippen molar-refractivity contribution >= 4 is 5.78 Å². The molecule has 1 unspecified atom stereocenters. The molecule has 15 heavy (non-hydrogen) atoms. The van der Waals surface area contributed by atoms with Gasteiger partial charge in [0, 0.05) is 18.9 Å². The quantitative estimate of drug-likeness (QED) is 0.733. The Hall–Kier alpha value is -1.15. The molecule has 2 rings (SSSR count). The zero-order valence-corrected chi connectivity index (χ0v) is 9.31. The summed E-state index contributed by atoms with van der Waals surface area (Å²) in [6, 6.07) is 10.4. The minimum absolute atomic E-state index is 0.0763. The zero-order valence-electron chi connectivity index (χ0n) is 9.31. The van der Waals surface area contributed by atoms with Gasteiger partial charge in [0.2, 0.25) is 0 Å². The van der Waals surface area contributed by atoms with Crippen molar-refractivity contribution in [3.05, 3.63) is 35.9 Å². The van der Waals surface area contributed by atoms with E-state index >= 15 is 0 Å². The third-order valence-corrected chi connectivity index (χ3v) is 3.31. The molecule has 1 aliphatic heterocycles. The van der Waals surface area contributed by atoms with Crippen molar-refractivity contribution in [1.82, 2.24) is 4.90 Å². The first-order chi connectivity index (χ1) is 7.20. The summed E-state index contributed by atoms with van der Waals surface area (Å²) in [5, 5.41) is 0. The smallest absolute Gasteiger partial charge is 0.151 e. The molecule has 1 aromatic rings. The fraction of sp³-hybridized carbons (Fsp3) is 0.462. The van der Waals surface area contributed by atoms with Crippen LogP contribution >= 0.6 is 0 Å². The normalized spacial score (nSPS) is 24.4. The molecular weight excluding hydrogens is 186 g/mol. The van der Waals surface area contributed by atoms with Crippen LogP contribution in [0.2, 0.25) is 0 Å². The predicted molar refractivity (Wildman–Crippen MR) is 60.9 cm³/mol. The molecule has 0 spiro atoms. The number of carbonyl (C=O) groups is 1. The molecule has 0 aromatic heterocycles. The van der Waals surface area contributed by atoms with Crippen molar-refractivity contribution in [3.63, 3.8) is 0 Å². The van der Waals surface area contributed by atoms with Crippen LogP contribution in [0.15, 0.2) is 30.3 Å². The lowest BCUT2D eigenvalue weighted by Gasteiger charge is -2.24. The number of nitrogens with zero attached hydrogens (tertiary/aromatic N) is 1. The summed E-state index contributed by atoms with van der Waals surface area (Å²) in [6.45, 7) is 3.04. The van der Waals surface area contributed by atoms with Gasteiger partial charge in [0.15, 0.2) is 5.78 Å². The second-order valence-electron chi connectivity index (χ2n) is 4.34. The summed E-state index contributed by atoms with van der Waals surface area (Å²) in [5.74, 6) is 0.681. The third-order valence-electron chi connectivity index (χ3n) is 3.31. The maximum Gasteiger partial charge on any atom is 0.151 e. The number of ketones is 1. The molecule has 0 saturated carbocycles. The van der Waals surface area contributed by atoms with Gasteiger partial charge in [-0.3, -0.25) is 9.69 Å². The van der Waals surface area contributed by atoms with Crippen LogP contribution in [0.3, 0.4) is 0 Å². The van der Waals surface area contributed by atoms with Crippen LogP contribution in [0.5, 0.6) is 0 Å². The molecule has 0 bridgehead atoms. The number of hydrogen-bond donors (Lipinski definition) is 0. The molecular formula is C13H17NO. The van der Waals surface area contributed by atoms with Gasteiger partial charge < -0.3 is 0 Å². The summed E-state index contributed by atoms with van der Waals surface area (Å²) in [6.07, 6.45) is 0.707. The molecule has 0 aliphatic carbocycles. The van der Waals surface area contributed by atoms with Crippen LogP contribution in [0.25, 0.3) is 0 Å². The summed E-state index contributed by atoms with van der Waals surface area (Å²) < 4.78 is 0. The van der Waals surface area contributed by atoms with E-state index in [1.807, 2.05) is 25.2 Å². The number of likely N-dealkylation sites (N-methyl/N-ethyl adjacent to an activating group) is 1. The minimum atomic E-state index is 0.0763. The zero-order chi connectivity index (χ0) is 10.8. The van der Waals surface area contributed by atoms with Crippen LogP contribution in [-0.2, 0) is 4.79 Å². The van der Waals surface area contributed by atoms with Crippen LogP contribution in [0.1, 0.15) is 24.8 Å². The molecule has 0 radical (unpaired) electrons. The fourth-order valence-electron chi connectivity index (χ4n) is 2.42. The summed E-state index contributed by atoms with van der Waals surface area (Å²) in [5.41, 5.74) is 1.25. The monoisotopic (exact) mass is 203 g/mol. The van der Waals surface area contributed by atoms with E-state index in [1.54, 1.807) is 0 Å². The Bertz CT molecular complexity index is 347. The molecule has 0 amide bonds. The largest absolute Gasteiger partial charge is 0.298 e. The Morgan fingerprint density at radius 3 is 2.53 bits per heavy atom. The third kappa shape index (κ3) is 1.95. The number of Topliss-reactive ketones (excluding diaryl/α,β-unsaturated/α-hetero) is 1. The van der Waals surface area contributed by atoms with E-state index < -0.39 is 0 Å². The van der Waals surface area contributed by atoms with Crippen molar-refractivity contribution in [2.24, 2.45) is 0 Å². The maximum atomic E-state index is 11.8. The highest BCUT2D eigenvalue weighted by Gasteiger charge is 2.34. The second kappa shape index (κ2) is 4.15. The summed E-state index contributed by atoms with van der Waals surface area (Å²) in [4.78, 5) is 13.9.